The highest BCUT2D eigenvalue weighted by Crippen LogP contribution is 2.58. The maximum absolute atomic E-state index is 14.7. The SMILES string of the molecule is C/C=C(\C(=O)O[C@@H]1Cc2c3c(c4oc(CO)cc(=O)c4c2O)[C@@H]2c4ccnc(N)c4[C@@H](CCc4ccc(O)cc4[C@H]2CO)C[C@@H](Cc2cnc4c(c2)CC[C@H](C)N4)[C@]1(C)O3)C1(O)CCCC1. The number of hydrogen-bond donors (Lipinski definition) is 7. The number of ether oxygens (including phenoxy) is 2. The number of hydrogen-bond acceptors (Lipinski definition) is 14. The number of aryl methyl sites for hydroxylation is 2. The van der Waals surface area contributed by atoms with Gasteiger partial charge < -0.3 is 50.5 Å². The first kappa shape index (κ1) is 43.9. The lowest BCUT2D eigenvalue weighted by Crippen LogP contribution is -2.57. The maximum Gasteiger partial charge on any atom is 0.337 e. The third-order valence-electron chi connectivity index (χ3n) is 15.6. The number of nitrogens with one attached hydrogen (secondary N) is 1. The van der Waals surface area contributed by atoms with Gasteiger partial charge in [-0.3, -0.25) is 4.79 Å². The summed E-state index contributed by atoms with van der Waals surface area (Å²) in [4.78, 5) is 38.5. The summed E-state index contributed by atoms with van der Waals surface area (Å²) >= 11 is 0. The number of phenolic OH excluding ortho intramolecular Hbond substituents is 2. The molecule has 10 rings (SSSR count). The number of aromatic nitrogens is 2. The molecule has 4 bridgehead atoms. The summed E-state index contributed by atoms with van der Waals surface area (Å²) in [6, 6.07) is 10.7. The van der Waals surface area contributed by atoms with E-state index in [-0.39, 0.29) is 63.6 Å². The van der Waals surface area contributed by atoms with Crippen LogP contribution < -0.4 is 21.2 Å². The molecule has 0 amide bonds. The van der Waals surface area contributed by atoms with Crippen LogP contribution in [0.25, 0.3) is 11.0 Å². The van der Waals surface area contributed by atoms with E-state index in [1.54, 1.807) is 31.3 Å². The van der Waals surface area contributed by atoms with E-state index in [0.29, 0.717) is 55.2 Å². The molecule has 2 aromatic carbocycles. The monoisotopic (exact) mass is 898 g/mol. The van der Waals surface area contributed by atoms with Crippen molar-refractivity contribution >= 4 is 28.6 Å². The molecule has 8 N–H and O–H groups in total. The van der Waals surface area contributed by atoms with Crippen LogP contribution in [0.5, 0.6) is 17.2 Å². The minimum Gasteiger partial charge on any atom is -0.508 e. The van der Waals surface area contributed by atoms with Gasteiger partial charge >= 0.3 is 5.97 Å². The van der Waals surface area contributed by atoms with Crippen LogP contribution in [-0.4, -0.2) is 71.4 Å². The second kappa shape index (κ2) is 16.7. The van der Waals surface area contributed by atoms with Gasteiger partial charge in [-0.2, -0.15) is 0 Å². The van der Waals surface area contributed by atoms with Gasteiger partial charge in [0.05, 0.1) is 17.8 Å². The lowest BCUT2D eigenvalue weighted by Gasteiger charge is -2.49. The van der Waals surface area contributed by atoms with Crippen molar-refractivity contribution in [2.45, 2.75) is 139 Å². The van der Waals surface area contributed by atoms with Crippen molar-refractivity contribution in [3.05, 3.63) is 121 Å². The molecular formula is C52H58N4O10. The zero-order valence-electron chi connectivity index (χ0n) is 37.6. The average molecular weight is 899 g/mol. The zero-order valence-corrected chi connectivity index (χ0v) is 37.6. The molecule has 7 atom stereocenters. The summed E-state index contributed by atoms with van der Waals surface area (Å²) in [6.45, 7) is 4.73. The fraction of sp³-hybridized carbons (Fsp3) is 0.462. The second-order valence-electron chi connectivity index (χ2n) is 19.5. The molecule has 2 aliphatic carbocycles. The van der Waals surface area contributed by atoms with Gasteiger partial charge in [0.1, 0.15) is 63.9 Å². The highest BCUT2D eigenvalue weighted by Gasteiger charge is 2.54. The van der Waals surface area contributed by atoms with Gasteiger partial charge in [-0.15, -0.1) is 0 Å². The van der Waals surface area contributed by atoms with Gasteiger partial charge in [-0.05, 0) is 124 Å². The Morgan fingerprint density at radius 1 is 1.03 bits per heavy atom. The molecule has 0 radical (unpaired) electrons. The van der Waals surface area contributed by atoms with E-state index < -0.39 is 65.4 Å². The molecule has 14 nitrogen and oxygen atoms in total. The van der Waals surface area contributed by atoms with Crippen LogP contribution in [0.2, 0.25) is 0 Å². The molecule has 1 fully saturated rings. The molecule has 0 saturated heterocycles. The van der Waals surface area contributed by atoms with Crippen LogP contribution >= 0.6 is 0 Å². The summed E-state index contributed by atoms with van der Waals surface area (Å²) in [7, 11) is 0. The van der Waals surface area contributed by atoms with E-state index in [4.69, 9.17) is 24.6 Å². The fourth-order valence-corrected chi connectivity index (χ4v) is 12.2. The summed E-state index contributed by atoms with van der Waals surface area (Å²) in [5.74, 6) is -2.28. The number of rotatable bonds is 7. The number of pyridine rings is 2. The molecule has 346 valence electrons. The van der Waals surface area contributed by atoms with Crippen LogP contribution in [0.4, 0.5) is 11.6 Å². The van der Waals surface area contributed by atoms with Gasteiger partial charge in [-0.1, -0.05) is 31.1 Å². The molecule has 3 aromatic heterocycles. The summed E-state index contributed by atoms with van der Waals surface area (Å²) < 4.78 is 20.7. The average Bonchev–Trinajstić information content (AvgIpc) is 3.75. The van der Waals surface area contributed by atoms with E-state index in [1.807, 2.05) is 25.3 Å². The Morgan fingerprint density at radius 3 is 2.58 bits per heavy atom. The van der Waals surface area contributed by atoms with Gasteiger partial charge in [0.2, 0.25) is 0 Å². The smallest absolute Gasteiger partial charge is 0.337 e. The number of benzene rings is 2. The number of phenols is 2. The largest absolute Gasteiger partial charge is 0.508 e. The van der Waals surface area contributed by atoms with E-state index in [1.165, 1.54) is 0 Å². The first-order chi connectivity index (χ1) is 31.7. The van der Waals surface area contributed by atoms with Crippen molar-refractivity contribution in [2.75, 3.05) is 17.7 Å². The van der Waals surface area contributed by atoms with Crippen molar-refractivity contribution in [1.29, 1.82) is 0 Å². The molecule has 14 heteroatoms. The van der Waals surface area contributed by atoms with Gasteiger partial charge in [-0.25, -0.2) is 14.8 Å². The molecule has 0 spiro atoms. The van der Waals surface area contributed by atoms with Crippen molar-refractivity contribution in [3.8, 4) is 17.2 Å². The number of carbonyl (C=O) groups is 1. The van der Waals surface area contributed by atoms with Crippen molar-refractivity contribution in [2.24, 2.45) is 5.92 Å². The first-order valence-corrected chi connectivity index (χ1v) is 23.4. The number of nitrogen functional groups attached to an aromatic ring is 1. The number of fused-ring (bicyclic) bond motifs is 6. The Kier molecular flexibility index (Phi) is 11.1. The summed E-state index contributed by atoms with van der Waals surface area (Å²) in [6.07, 6.45) is 10.1. The minimum atomic E-state index is -1.38. The fourth-order valence-electron chi connectivity index (χ4n) is 12.2. The highest BCUT2D eigenvalue weighted by atomic mass is 16.6. The quantitative estimate of drug-likeness (QED) is 0.0653. The third kappa shape index (κ3) is 7.19. The predicted octanol–water partition coefficient (Wildman–Crippen LogP) is 6.87. The van der Waals surface area contributed by atoms with Gasteiger partial charge in [0.25, 0.3) is 0 Å². The maximum atomic E-state index is 14.7. The summed E-state index contributed by atoms with van der Waals surface area (Å²) in [5, 5.41) is 60.8. The lowest BCUT2D eigenvalue weighted by atomic mass is 9.67. The van der Waals surface area contributed by atoms with Crippen LogP contribution in [0.3, 0.4) is 0 Å². The number of esters is 1. The predicted molar refractivity (Wildman–Crippen MR) is 247 cm³/mol. The Morgan fingerprint density at radius 2 is 1.82 bits per heavy atom. The Balaban J connectivity index is 1.28. The number of anilines is 2. The standard InChI is InChI=1S/C52H58N4O10/c1-4-38(52(63)14-5-6-15-52)50(62)65-40-22-36-45(61)43-39(60)21-33(24-57)64-47(43)44-42-34-13-16-54-48(53)41(34)29(10-9-28-11-12-32(59)20-35(28)37(42)25-58)19-31(51(40,3)66-46(36)44)18-27-17-30-8-7-26(2)56-49(30)55-23-27/h4,11-13,16-17,20-21,23,26,29,31,37,40,42,57-59,61,63H,5-10,14-15,18-19,22,24-25H2,1-3H3,(H2,53,54)(H,55,56)/b38-4+/t26-,29-,31+,37+,40+,42+,51-/m0/s1. The van der Waals surface area contributed by atoms with Crippen molar-refractivity contribution in [3.63, 3.8) is 0 Å². The molecule has 1 saturated carbocycles. The molecule has 5 aliphatic rings. The van der Waals surface area contributed by atoms with E-state index in [2.05, 4.69) is 23.3 Å². The molecule has 66 heavy (non-hydrogen) atoms. The first-order valence-electron chi connectivity index (χ1n) is 23.4. The molecule has 3 aliphatic heterocycles. The van der Waals surface area contributed by atoms with Crippen molar-refractivity contribution in [1.82, 2.24) is 9.97 Å². The number of aliphatic hydroxyl groups excluding tert-OH is 2. The number of aromatic hydroxyl groups is 2. The Hall–Kier alpha value is -5.96. The lowest BCUT2D eigenvalue weighted by molar-refractivity contribution is -0.167. The Labute approximate surface area is 382 Å². The van der Waals surface area contributed by atoms with E-state index in [0.717, 1.165) is 59.8 Å². The Bertz CT molecular complexity index is 2850. The molecule has 6 heterocycles. The number of carbonyl (C=O) groups excluding carboxylic acids is 1. The third-order valence-corrected chi connectivity index (χ3v) is 15.6. The topological polar surface area (TPSA) is 231 Å². The van der Waals surface area contributed by atoms with Crippen LogP contribution in [-0.2, 0) is 41.8 Å². The minimum absolute atomic E-state index is 0.00634. The van der Waals surface area contributed by atoms with Crippen LogP contribution in [0, 0.1) is 5.92 Å². The van der Waals surface area contributed by atoms with Crippen LogP contribution in [0.15, 0.2) is 69.7 Å². The number of aliphatic hydroxyl groups is 3. The van der Waals surface area contributed by atoms with Crippen molar-refractivity contribution < 1.29 is 44.2 Å². The highest BCUT2D eigenvalue weighted by molar-refractivity contribution is 5.93. The zero-order chi connectivity index (χ0) is 46.2. The summed E-state index contributed by atoms with van der Waals surface area (Å²) in [5.41, 5.74) is 9.40. The normalized spacial score (nSPS) is 26.4. The number of nitrogens with zero attached hydrogens (tertiary/aromatic N) is 2. The van der Waals surface area contributed by atoms with E-state index in [9.17, 15) is 35.1 Å². The second-order valence-corrected chi connectivity index (χ2v) is 19.5. The van der Waals surface area contributed by atoms with Gasteiger partial charge in [0, 0.05) is 65.4 Å². The number of nitrogens with two attached hydrogens (primary N) is 1. The molecule has 5 aromatic rings. The van der Waals surface area contributed by atoms with E-state index >= 15 is 0 Å². The number of allylic oxidation sites excluding steroid dienone is 1. The van der Waals surface area contributed by atoms with Crippen LogP contribution in [0.1, 0.15) is 134 Å². The molecule has 0 unspecified atom stereocenters. The molecular weight excluding hydrogens is 841 g/mol. The van der Waals surface area contributed by atoms with Gasteiger partial charge in [0.15, 0.2) is 5.43 Å².